The summed E-state index contributed by atoms with van der Waals surface area (Å²) in [6, 6.07) is 4.72. The Hall–Kier alpha value is -2.05. The average molecular weight is 569 g/mol. The van der Waals surface area contributed by atoms with Gasteiger partial charge in [0.2, 0.25) is 0 Å². The third-order valence-electron chi connectivity index (χ3n) is 8.67. The third-order valence-corrected chi connectivity index (χ3v) is 8.67. The van der Waals surface area contributed by atoms with Crippen LogP contribution >= 0.6 is 0 Å². The molecule has 0 heterocycles. The monoisotopic (exact) mass is 568 g/mol. The zero-order chi connectivity index (χ0) is 28.8. The van der Waals surface area contributed by atoms with Crippen LogP contribution in [0.3, 0.4) is 0 Å². The predicted octanol–water partition coefficient (Wildman–Crippen LogP) is 10.5. The molecule has 0 saturated heterocycles. The number of benzene rings is 1. The van der Waals surface area contributed by atoms with E-state index in [1.807, 2.05) is 0 Å². The van der Waals surface area contributed by atoms with Gasteiger partial charge >= 0.3 is 18.5 Å². The standard InChI is InChI=1S/C33H48F4O3/c1-2-3-4-5-6-7-8-9-10-25-11-13-26(14-12-25)15-16-27-17-19-28(20-18-27)31(38)39-29-21-23-30(24-22-29)40-33(36,37)32(34)35/h15-16,21-28,32H,2-14,17-20H2,1H3/b16-15+. The van der Waals surface area contributed by atoms with Crippen LogP contribution in [0.5, 0.6) is 11.5 Å². The number of ether oxygens (including phenoxy) is 2. The van der Waals surface area contributed by atoms with E-state index in [9.17, 15) is 22.4 Å². The first-order valence-corrected chi connectivity index (χ1v) is 15.6. The van der Waals surface area contributed by atoms with E-state index < -0.39 is 18.3 Å². The highest BCUT2D eigenvalue weighted by atomic mass is 19.3. The van der Waals surface area contributed by atoms with Crippen LogP contribution < -0.4 is 9.47 Å². The van der Waals surface area contributed by atoms with Crippen LogP contribution in [0.4, 0.5) is 17.6 Å². The van der Waals surface area contributed by atoms with Gasteiger partial charge in [-0.05, 0) is 93.4 Å². The third kappa shape index (κ3) is 11.4. The maximum atomic E-state index is 13.0. The lowest BCUT2D eigenvalue weighted by atomic mass is 9.78. The normalized spacial score (nSPS) is 23.9. The summed E-state index contributed by atoms with van der Waals surface area (Å²) in [6.07, 6.45) is 17.5. The van der Waals surface area contributed by atoms with Gasteiger partial charge in [-0.1, -0.05) is 76.9 Å². The molecule has 0 amide bonds. The van der Waals surface area contributed by atoms with Crippen LogP contribution in [0.15, 0.2) is 36.4 Å². The molecule has 1 aromatic rings. The Bertz CT molecular complexity index is 870. The number of rotatable bonds is 16. The number of hydrogen-bond acceptors (Lipinski definition) is 3. The largest absolute Gasteiger partial charge is 0.461 e. The fourth-order valence-electron chi connectivity index (χ4n) is 6.07. The van der Waals surface area contributed by atoms with Crippen LogP contribution in [0.25, 0.3) is 0 Å². The van der Waals surface area contributed by atoms with E-state index in [4.69, 9.17) is 4.74 Å². The zero-order valence-corrected chi connectivity index (χ0v) is 24.1. The molecule has 3 nitrogen and oxygen atoms in total. The molecule has 0 bridgehead atoms. The van der Waals surface area contributed by atoms with E-state index in [0.717, 1.165) is 43.7 Å². The molecule has 3 rings (SSSR count). The van der Waals surface area contributed by atoms with Gasteiger partial charge in [0.05, 0.1) is 5.92 Å². The van der Waals surface area contributed by atoms with Gasteiger partial charge in [0.25, 0.3) is 0 Å². The quantitative estimate of drug-likeness (QED) is 0.0654. The van der Waals surface area contributed by atoms with Crippen LogP contribution in [0.1, 0.15) is 116 Å². The first kappa shape index (κ1) is 32.5. The summed E-state index contributed by atoms with van der Waals surface area (Å²) < 4.78 is 60.0. The predicted molar refractivity (Wildman–Crippen MR) is 151 cm³/mol. The number of hydrogen-bond donors (Lipinski definition) is 0. The van der Waals surface area contributed by atoms with Crippen molar-refractivity contribution in [1.29, 1.82) is 0 Å². The van der Waals surface area contributed by atoms with E-state index in [0.29, 0.717) is 11.8 Å². The van der Waals surface area contributed by atoms with Crippen molar-refractivity contribution in [2.45, 2.75) is 129 Å². The number of allylic oxidation sites excluding steroid dienone is 2. The first-order valence-electron chi connectivity index (χ1n) is 15.6. The zero-order valence-electron chi connectivity index (χ0n) is 24.1. The molecule has 0 radical (unpaired) electrons. The topological polar surface area (TPSA) is 35.5 Å². The molecule has 0 spiro atoms. The summed E-state index contributed by atoms with van der Waals surface area (Å²) in [5, 5.41) is 0. The van der Waals surface area contributed by atoms with E-state index in [-0.39, 0.29) is 17.6 Å². The molecule has 7 heteroatoms. The lowest BCUT2D eigenvalue weighted by Gasteiger charge is -2.28. The van der Waals surface area contributed by atoms with Gasteiger partial charge in [-0.25, -0.2) is 0 Å². The van der Waals surface area contributed by atoms with Crippen LogP contribution in [0.2, 0.25) is 0 Å². The second-order valence-electron chi connectivity index (χ2n) is 11.9. The minimum atomic E-state index is -4.57. The number of alkyl halides is 4. The van der Waals surface area contributed by atoms with Gasteiger partial charge in [-0.15, -0.1) is 0 Å². The van der Waals surface area contributed by atoms with E-state index in [1.54, 1.807) is 0 Å². The summed E-state index contributed by atoms with van der Waals surface area (Å²) in [6.45, 7) is 2.27. The van der Waals surface area contributed by atoms with E-state index in [2.05, 4.69) is 23.8 Å². The smallest absolute Gasteiger partial charge is 0.428 e. The summed E-state index contributed by atoms with van der Waals surface area (Å²) >= 11 is 0. The molecule has 2 fully saturated rings. The van der Waals surface area contributed by atoms with Crippen LogP contribution in [0, 0.1) is 23.7 Å². The molecular weight excluding hydrogens is 520 g/mol. The first-order chi connectivity index (χ1) is 19.3. The Balaban J connectivity index is 1.27. The Morgan fingerprint density at radius 1 is 0.800 bits per heavy atom. The molecule has 2 aliphatic rings. The summed E-state index contributed by atoms with van der Waals surface area (Å²) in [5.41, 5.74) is 0. The van der Waals surface area contributed by atoms with Crippen molar-refractivity contribution in [1.82, 2.24) is 0 Å². The Labute approximate surface area is 238 Å². The van der Waals surface area contributed by atoms with Crippen molar-refractivity contribution in [2.24, 2.45) is 23.7 Å². The highest BCUT2D eigenvalue weighted by Gasteiger charge is 2.44. The molecule has 2 aliphatic carbocycles. The lowest BCUT2D eigenvalue weighted by Crippen LogP contribution is -2.33. The second-order valence-corrected chi connectivity index (χ2v) is 11.9. The molecule has 0 unspecified atom stereocenters. The minimum absolute atomic E-state index is 0.178. The van der Waals surface area contributed by atoms with Gasteiger partial charge in [0.15, 0.2) is 0 Å². The van der Waals surface area contributed by atoms with Crippen molar-refractivity contribution in [3.05, 3.63) is 36.4 Å². The highest BCUT2D eigenvalue weighted by Crippen LogP contribution is 2.35. The fourth-order valence-corrected chi connectivity index (χ4v) is 6.07. The maximum Gasteiger partial charge on any atom is 0.461 e. The van der Waals surface area contributed by atoms with E-state index >= 15 is 0 Å². The summed E-state index contributed by atoms with van der Waals surface area (Å²) in [4.78, 5) is 12.6. The summed E-state index contributed by atoms with van der Waals surface area (Å²) in [5.74, 6) is 1.30. The summed E-state index contributed by atoms with van der Waals surface area (Å²) in [7, 11) is 0. The molecule has 0 atom stereocenters. The fraction of sp³-hybridized carbons (Fsp3) is 0.727. The molecule has 0 aliphatic heterocycles. The lowest BCUT2D eigenvalue weighted by molar-refractivity contribution is -0.253. The van der Waals surface area contributed by atoms with Crippen LogP contribution in [-0.4, -0.2) is 18.5 Å². The Kier molecular flexibility index (Phi) is 13.8. The average Bonchev–Trinajstić information content (AvgIpc) is 2.95. The Morgan fingerprint density at radius 2 is 1.30 bits per heavy atom. The van der Waals surface area contributed by atoms with Gasteiger partial charge in [-0.2, -0.15) is 17.6 Å². The number of carbonyl (C=O) groups excluding carboxylic acids is 1. The second kappa shape index (κ2) is 17.0. The van der Waals surface area contributed by atoms with Crippen LogP contribution in [-0.2, 0) is 4.79 Å². The highest BCUT2D eigenvalue weighted by molar-refractivity contribution is 5.75. The SMILES string of the molecule is CCCCCCCCCCC1CCC(/C=C/C2CCC(C(=O)Oc3ccc(OC(F)(F)C(F)F)cc3)CC2)CC1. The maximum absolute atomic E-state index is 13.0. The number of esters is 1. The van der Waals surface area contributed by atoms with Gasteiger partial charge in [-0.3, -0.25) is 4.79 Å². The molecule has 226 valence electrons. The molecule has 0 N–H and O–H groups in total. The minimum Gasteiger partial charge on any atom is -0.428 e. The molecule has 40 heavy (non-hydrogen) atoms. The van der Waals surface area contributed by atoms with Crippen molar-refractivity contribution >= 4 is 5.97 Å². The van der Waals surface area contributed by atoms with Gasteiger partial charge in [0, 0.05) is 0 Å². The van der Waals surface area contributed by atoms with Crippen molar-refractivity contribution in [3.63, 3.8) is 0 Å². The van der Waals surface area contributed by atoms with E-state index in [1.165, 1.54) is 95.6 Å². The number of halogens is 4. The van der Waals surface area contributed by atoms with Crippen molar-refractivity contribution in [2.75, 3.05) is 0 Å². The Morgan fingerprint density at radius 3 is 1.85 bits per heavy atom. The van der Waals surface area contributed by atoms with Gasteiger partial charge in [0.1, 0.15) is 11.5 Å². The molecule has 0 aromatic heterocycles. The molecule has 1 aromatic carbocycles. The van der Waals surface area contributed by atoms with Gasteiger partial charge < -0.3 is 9.47 Å². The number of unbranched alkanes of at least 4 members (excludes halogenated alkanes) is 7. The molecule has 2 saturated carbocycles. The van der Waals surface area contributed by atoms with Crippen molar-refractivity contribution < 1.29 is 31.8 Å². The molecular formula is C33H48F4O3. The van der Waals surface area contributed by atoms with Crippen molar-refractivity contribution in [3.8, 4) is 11.5 Å². The number of carbonyl (C=O) groups is 1.